The lowest BCUT2D eigenvalue weighted by atomic mass is 10.00. The van der Waals surface area contributed by atoms with Gasteiger partial charge in [0.15, 0.2) is 0 Å². The van der Waals surface area contributed by atoms with E-state index in [1.807, 2.05) is 39.0 Å². The number of ether oxygens (including phenoxy) is 1. The number of hydrogen-bond acceptors (Lipinski definition) is 2. The minimum absolute atomic E-state index is 0.232. The van der Waals surface area contributed by atoms with Gasteiger partial charge >= 0.3 is 5.97 Å². The summed E-state index contributed by atoms with van der Waals surface area (Å²) in [7, 11) is 0. The SMILES string of the molecule is CC(C)=CCC/C(C)=C/CC/C(C)=C/CC/C(C)=C/COC(=O)c1c(C)cc(C)cc1C. The topological polar surface area (TPSA) is 26.3 Å². The monoisotopic (exact) mass is 436 g/mol. The van der Waals surface area contributed by atoms with E-state index in [1.54, 1.807) is 0 Å². The van der Waals surface area contributed by atoms with Crippen LogP contribution in [0.4, 0.5) is 0 Å². The third-order valence-corrected chi connectivity index (χ3v) is 5.68. The third kappa shape index (κ3) is 11.3. The van der Waals surface area contributed by atoms with E-state index in [2.05, 4.69) is 52.8 Å². The number of benzene rings is 1. The summed E-state index contributed by atoms with van der Waals surface area (Å²) in [5, 5.41) is 0. The van der Waals surface area contributed by atoms with E-state index < -0.39 is 0 Å². The first-order valence-electron chi connectivity index (χ1n) is 11.9. The average molecular weight is 437 g/mol. The van der Waals surface area contributed by atoms with Crippen molar-refractivity contribution in [3.63, 3.8) is 0 Å². The van der Waals surface area contributed by atoms with Crippen LogP contribution in [0.3, 0.4) is 0 Å². The second-order valence-corrected chi connectivity index (χ2v) is 9.42. The molecule has 0 saturated carbocycles. The van der Waals surface area contributed by atoms with E-state index in [0.29, 0.717) is 12.2 Å². The van der Waals surface area contributed by atoms with Crippen molar-refractivity contribution >= 4 is 5.97 Å². The van der Waals surface area contributed by atoms with Crippen LogP contribution in [0.1, 0.15) is 100 Å². The predicted molar refractivity (Wildman–Crippen MR) is 139 cm³/mol. The van der Waals surface area contributed by atoms with Gasteiger partial charge in [0.2, 0.25) is 0 Å². The van der Waals surface area contributed by atoms with Gasteiger partial charge in [-0.3, -0.25) is 0 Å². The normalized spacial score (nSPS) is 12.7. The van der Waals surface area contributed by atoms with E-state index in [-0.39, 0.29) is 5.97 Å². The van der Waals surface area contributed by atoms with Crippen molar-refractivity contribution in [2.75, 3.05) is 6.61 Å². The smallest absolute Gasteiger partial charge is 0.338 e. The Hall–Kier alpha value is -2.35. The van der Waals surface area contributed by atoms with Gasteiger partial charge in [0.05, 0.1) is 5.56 Å². The second kappa shape index (κ2) is 14.7. The van der Waals surface area contributed by atoms with Gasteiger partial charge in [-0.15, -0.1) is 0 Å². The summed E-state index contributed by atoms with van der Waals surface area (Å²) in [5.41, 5.74) is 9.41. The fourth-order valence-corrected chi connectivity index (χ4v) is 3.82. The van der Waals surface area contributed by atoms with Crippen LogP contribution in [0.15, 0.2) is 58.7 Å². The predicted octanol–water partition coefficient (Wildman–Crippen LogP) is 8.91. The first-order chi connectivity index (χ1) is 15.1. The largest absolute Gasteiger partial charge is 0.458 e. The van der Waals surface area contributed by atoms with Crippen LogP contribution in [0.2, 0.25) is 0 Å². The molecule has 0 saturated heterocycles. The standard InChI is InChI=1S/C30H44O2/c1-22(2)12-9-13-23(3)14-10-15-24(4)16-11-17-25(5)18-19-32-30(31)29-27(7)20-26(6)21-28(29)8/h12,14,16,18,20-21H,9-11,13,15,17,19H2,1-8H3/b23-14+,24-16+,25-18+. The number of allylic oxidation sites excluding steroid dienone is 7. The summed E-state index contributed by atoms with van der Waals surface area (Å²) < 4.78 is 5.50. The van der Waals surface area contributed by atoms with Crippen molar-refractivity contribution in [1.29, 1.82) is 0 Å². The first-order valence-corrected chi connectivity index (χ1v) is 11.9. The van der Waals surface area contributed by atoms with E-state index in [0.717, 1.165) is 49.7 Å². The van der Waals surface area contributed by atoms with Crippen molar-refractivity contribution in [2.24, 2.45) is 0 Å². The molecule has 0 bridgehead atoms. The molecule has 0 heterocycles. The number of esters is 1. The summed E-state index contributed by atoms with van der Waals surface area (Å²) in [6.45, 7) is 17.2. The second-order valence-electron chi connectivity index (χ2n) is 9.42. The van der Waals surface area contributed by atoms with Gasteiger partial charge in [-0.05, 0) is 111 Å². The molecule has 0 atom stereocenters. The number of carbonyl (C=O) groups excluding carboxylic acids is 1. The molecule has 2 heteroatoms. The van der Waals surface area contributed by atoms with Crippen LogP contribution >= 0.6 is 0 Å². The minimum atomic E-state index is -0.232. The number of aryl methyl sites for hydroxylation is 3. The first kappa shape index (κ1) is 27.7. The van der Waals surface area contributed by atoms with Crippen LogP contribution in [-0.4, -0.2) is 12.6 Å². The average Bonchev–Trinajstić information content (AvgIpc) is 2.66. The zero-order chi connectivity index (χ0) is 24.1. The molecule has 0 unspecified atom stereocenters. The highest BCUT2D eigenvalue weighted by atomic mass is 16.5. The fourth-order valence-electron chi connectivity index (χ4n) is 3.82. The molecule has 0 aliphatic rings. The molecule has 2 nitrogen and oxygen atoms in total. The Bertz CT molecular complexity index is 851. The van der Waals surface area contributed by atoms with Crippen LogP contribution in [0.5, 0.6) is 0 Å². The Morgan fingerprint density at radius 1 is 0.719 bits per heavy atom. The maximum Gasteiger partial charge on any atom is 0.338 e. The minimum Gasteiger partial charge on any atom is -0.458 e. The van der Waals surface area contributed by atoms with Crippen LogP contribution in [0.25, 0.3) is 0 Å². The van der Waals surface area contributed by atoms with Crippen molar-refractivity contribution < 1.29 is 9.53 Å². The zero-order valence-electron chi connectivity index (χ0n) is 21.7. The molecule has 0 radical (unpaired) electrons. The Kier molecular flexibility index (Phi) is 12.7. The van der Waals surface area contributed by atoms with Gasteiger partial charge in [0.1, 0.15) is 6.61 Å². The van der Waals surface area contributed by atoms with Crippen molar-refractivity contribution in [3.8, 4) is 0 Å². The quantitative estimate of drug-likeness (QED) is 0.241. The fraction of sp³-hybridized carbons (Fsp3) is 0.500. The molecule has 0 fully saturated rings. The Balaban J connectivity index is 2.37. The van der Waals surface area contributed by atoms with Crippen molar-refractivity contribution in [2.45, 2.75) is 93.9 Å². The lowest BCUT2D eigenvalue weighted by Crippen LogP contribution is -2.09. The summed E-state index contributed by atoms with van der Waals surface area (Å²) >= 11 is 0. The maximum atomic E-state index is 12.5. The molecular formula is C30H44O2. The Labute approximate surface area is 197 Å². The molecule has 1 aromatic rings. The molecule has 0 aliphatic carbocycles. The van der Waals surface area contributed by atoms with Crippen LogP contribution in [-0.2, 0) is 4.74 Å². The van der Waals surface area contributed by atoms with E-state index in [4.69, 9.17) is 4.74 Å². The summed E-state index contributed by atoms with van der Waals surface area (Å²) in [6, 6.07) is 4.06. The highest BCUT2D eigenvalue weighted by Crippen LogP contribution is 2.18. The lowest BCUT2D eigenvalue weighted by Gasteiger charge is -2.10. The van der Waals surface area contributed by atoms with E-state index >= 15 is 0 Å². The molecule has 32 heavy (non-hydrogen) atoms. The van der Waals surface area contributed by atoms with Gasteiger partial charge in [-0.25, -0.2) is 4.79 Å². The molecular weight excluding hydrogens is 392 g/mol. The Morgan fingerprint density at radius 3 is 1.62 bits per heavy atom. The summed E-state index contributed by atoms with van der Waals surface area (Å²) in [4.78, 5) is 12.5. The molecule has 0 amide bonds. The van der Waals surface area contributed by atoms with E-state index in [9.17, 15) is 4.79 Å². The highest BCUT2D eigenvalue weighted by molar-refractivity contribution is 5.92. The zero-order valence-corrected chi connectivity index (χ0v) is 21.7. The third-order valence-electron chi connectivity index (χ3n) is 5.68. The van der Waals surface area contributed by atoms with Crippen molar-refractivity contribution in [1.82, 2.24) is 0 Å². The van der Waals surface area contributed by atoms with Gasteiger partial charge in [0, 0.05) is 0 Å². The summed E-state index contributed by atoms with van der Waals surface area (Å²) in [5.74, 6) is -0.232. The van der Waals surface area contributed by atoms with Gasteiger partial charge in [0.25, 0.3) is 0 Å². The summed E-state index contributed by atoms with van der Waals surface area (Å²) in [6.07, 6.45) is 15.6. The maximum absolute atomic E-state index is 12.5. The number of rotatable bonds is 12. The number of hydrogen-bond donors (Lipinski definition) is 0. The molecule has 0 N–H and O–H groups in total. The van der Waals surface area contributed by atoms with Gasteiger partial charge in [-0.1, -0.05) is 58.2 Å². The molecule has 1 rings (SSSR count). The number of carbonyl (C=O) groups is 1. The Morgan fingerprint density at radius 2 is 1.16 bits per heavy atom. The lowest BCUT2D eigenvalue weighted by molar-refractivity contribution is 0.0547. The molecule has 0 aliphatic heterocycles. The van der Waals surface area contributed by atoms with Crippen molar-refractivity contribution in [3.05, 3.63) is 81.0 Å². The van der Waals surface area contributed by atoms with Crippen LogP contribution in [0, 0.1) is 20.8 Å². The molecule has 1 aromatic carbocycles. The molecule has 0 aromatic heterocycles. The highest BCUT2D eigenvalue weighted by Gasteiger charge is 2.13. The molecule has 0 spiro atoms. The molecule has 176 valence electrons. The van der Waals surface area contributed by atoms with E-state index in [1.165, 1.54) is 27.9 Å². The van der Waals surface area contributed by atoms with Crippen LogP contribution < -0.4 is 0 Å². The van der Waals surface area contributed by atoms with Gasteiger partial charge in [-0.2, -0.15) is 0 Å². The van der Waals surface area contributed by atoms with Gasteiger partial charge < -0.3 is 4.74 Å².